The summed E-state index contributed by atoms with van der Waals surface area (Å²) in [7, 11) is 0. The number of benzene rings is 3. The lowest BCUT2D eigenvalue weighted by Gasteiger charge is -2.20. The van der Waals surface area contributed by atoms with Gasteiger partial charge in [-0.3, -0.25) is 14.4 Å². The van der Waals surface area contributed by atoms with E-state index in [1.54, 1.807) is 30.0 Å². The minimum absolute atomic E-state index is 0.00249. The van der Waals surface area contributed by atoms with Crippen molar-refractivity contribution < 1.29 is 27.9 Å². The Labute approximate surface area is 241 Å². The van der Waals surface area contributed by atoms with Crippen LogP contribution in [-0.2, 0) is 23.3 Å². The van der Waals surface area contributed by atoms with Crippen LogP contribution in [0, 0.1) is 17.8 Å². The van der Waals surface area contributed by atoms with Gasteiger partial charge in [0.2, 0.25) is 0 Å². The number of Topliss-reactive ketones (excluding diaryl/α,β-unsaturated/α-hetero) is 1. The third kappa shape index (κ3) is 6.31. The van der Waals surface area contributed by atoms with Crippen LogP contribution in [0.4, 0.5) is 13.2 Å². The number of carboxylic acid groups (broad SMARTS) is 1. The van der Waals surface area contributed by atoms with E-state index in [2.05, 4.69) is 10.3 Å². The van der Waals surface area contributed by atoms with Gasteiger partial charge in [-0.05, 0) is 66.8 Å². The van der Waals surface area contributed by atoms with Gasteiger partial charge in [0.1, 0.15) is 5.52 Å². The van der Waals surface area contributed by atoms with Gasteiger partial charge in [0.25, 0.3) is 5.56 Å². The third-order valence-corrected chi connectivity index (χ3v) is 8.62. The lowest BCUT2D eigenvalue weighted by atomic mass is 9.84. The van der Waals surface area contributed by atoms with Crippen molar-refractivity contribution in [1.29, 1.82) is 0 Å². The molecule has 1 fully saturated rings. The summed E-state index contributed by atoms with van der Waals surface area (Å²) in [4.78, 5) is 39.6. The second-order valence-electron chi connectivity index (χ2n) is 9.92. The van der Waals surface area contributed by atoms with Crippen molar-refractivity contribution in [1.82, 2.24) is 15.0 Å². The molecule has 0 amide bonds. The van der Waals surface area contributed by atoms with Crippen molar-refractivity contribution >= 4 is 46.0 Å². The van der Waals surface area contributed by atoms with Crippen LogP contribution in [0.3, 0.4) is 0 Å². The van der Waals surface area contributed by atoms with Crippen molar-refractivity contribution in [2.24, 2.45) is 17.8 Å². The van der Waals surface area contributed by atoms with Crippen molar-refractivity contribution in [3.05, 3.63) is 98.8 Å². The lowest BCUT2D eigenvalue weighted by Crippen LogP contribution is -2.34. The highest BCUT2D eigenvalue weighted by atomic mass is 35.5. The number of halogens is 4. The highest BCUT2D eigenvalue weighted by Gasteiger charge is 2.45. The zero-order valence-corrected chi connectivity index (χ0v) is 22.9. The van der Waals surface area contributed by atoms with Crippen LogP contribution in [0.5, 0.6) is 0 Å². The molecule has 3 aromatic carbocycles. The maximum Gasteiger partial charge on any atom is 0.416 e. The van der Waals surface area contributed by atoms with Crippen LogP contribution >= 0.6 is 23.4 Å². The summed E-state index contributed by atoms with van der Waals surface area (Å²) in [5, 5.41) is 18.1. The molecule has 1 aromatic heterocycles. The molecule has 5 rings (SSSR count). The summed E-state index contributed by atoms with van der Waals surface area (Å²) in [6.07, 6.45) is -4.02. The average Bonchev–Trinajstić information content (AvgIpc) is 3.36. The fourth-order valence-electron chi connectivity index (χ4n) is 5.27. The van der Waals surface area contributed by atoms with Crippen molar-refractivity contribution in [2.45, 2.75) is 36.2 Å². The van der Waals surface area contributed by atoms with Crippen LogP contribution in [0.15, 0.2) is 76.4 Å². The number of thioether (sulfide) groups is 1. The molecule has 1 aliphatic carbocycles. The molecule has 41 heavy (non-hydrogen) atoms. The quantitative estimate of drug-likeness (QED) is 0.185. The van der Waals surface area contributed by atoms with Crippen LogP contribution in [0.25, 0.3) is 10.9 Å². The number of carbonyl (C=O) groups is 2. The van der Waals surface area contributed by atoms with E-state index in [0.29, 0.717) is 29.2 Å². The van der Waals surface area contributed by atoms with Gasteiger partial charge in [0, 0.05) is 27.2 Å². The third-order valence-electron chi connectivity index (χ3n) is 7.30. The van der Waals surface area contributed by atoms with Crippen LogP contribution < -0.4 is 5.56 Å². The number of aromatic nitrogens is 3. The fraction of sp³-hybridized carbons (Fsp3) is 0.276. The number of fused-ring (bicyclic) bond motifs is 1. The summed E-state index contributed by atoms with van der Waals surface area (Å²) >= 11 is 7.61. The van der Waals surface area contributed by atoms with E-state index in [-0.39, 0.29) is 23.2 Å². The first-order chi connectivity index (χ1) is 19.5. The Hall–Kier alpha value is -3.70. The largest absolute Gasteiger partial charge is 0.481 e. The molecule has 212 valence electrons. The molecule has 3 unspecified atom stereocenters. The number of aliphatic carboxylic acids is 1. The first-order valence-electron chi connectivity index (χ1n) is 12.7. The summed E-state index contributed by atoms with van der Waals surface area (Å²) < 4.78 is 40.4. The molecule has 1 heterocycles. The standard InChI is InChI=1S/C29H23ClF3N3O4S/c30-20-3-1-2-16(12-20)15-41-21-8-4-17(5-9-21)26(37)22-10-6-18(25(22)28(39)40)14-36-27(38)23-13-19(29(31,32)33)7-11-24(23)34-35-36/h1-5,7-9,11-13,18,22,25H,6,10,14-15H2,(H,39,40). The number of carbonyl (C=O) groups excluding carboxylic acids is 1. The van der Waals surface area contributed by atoms with E-state index in [1.165, 1.54) is 0 Å². The van der Waals surface area contributed by atoms with Crippen LogP contribution in [0.2, 0.25) is 5.02 Å². The molecule has 0 radical (unpaired) electrons. The molecule has 3 atom stereocenters. The van der Waals surface area contributed by atoms with Crippen molar-refractivity contribution in [3.63, 3.8) is 0 Å². The monoisotopic (exact) mass is 601 g/mol. The number of hydrogen-bond donors (Lipinski definition) is 1. The molecule has 0 bridgehead atoms. The molecule has 0 saturated heterocycles. The topological polar surface area (TPSA) is 102 Å². The number of nitrogens with zero attached hydrogens (tertiary/aromatic N) is 3. The van der Waals surface area contributed by atoms with Gasteiger partial charge < -0.3 is 5.11 Å². The number of alkyl halides is 3. The summed E-state index contributed by atoms with van der Waals surface area (Å²) in [5.41, 5.74) is -0.352. The highest BCUT2D eigenvalue weighted by molar-refractivity contribution is 7.98. The SMILES string of the molecule is O=C(c1ccc(SCc2cccc(Cl)c2)cc1)C1CCC(Cn2nnc3ccc(C(F)(F)F)cc3c2=O)C1C(=O)O. The van der Waals surface area contributed by atoms with Crippen molar-refractivity contribution in [2.75, 3.05) is 0 Å². The molecular formula is C29H23ClF3N3O4S. The highest BCUT2D eigenvalue weighted by Crippen LogP contribution is 2.40. The Bertz CT molecular complexity index is 1680. The molecular weight excluding hydrogens is 579 g/mol. The molecule has 0 spiro atoms. The second-order valence-corrected chi connectivity index (χ2v) is 11.4. The number of carboxylic acids is 1. The minimum Gasteiger partial charge on any atom is -0.481 e. The Morgan fingerprint density at radius 2 is 1.80 bits per heavy atom. The predicted molar refractivity (Wildman–Crippen MR) is 148 cm³/mol. The van der Waals surface area contributed by atoms with E-state index < -0.39 is 41.0 Å². The van der Waals surface area contributed by atoms with E-state index >= 15 is 0 Å². The first-order valence-corrected chi connectivity index (χ1v) is 14.1. The van der Waals surface area contributed by atoms with E-state index in [0.717, 1.165) is 33.3 Å². The van der Waals surface area contributed by atoms with E-state index in [4.69, 9.17) is 11.6 Å². The molecule has 4 aromatic rings. The lowest BCUT2D eigenvalue weighted by molar-refractivity contribution is -0.144. The maximum atomic E-state index is 13.4. The number of rotatable bonds is 8. The summed E-state index contributed by atoms with van der Waals surface area (Å²) in [5.74, 6) is -3.34. The summed E-state index contributed by atoms with van der Waals surface area (Å²) in [6.45, 7) is -0.183. The number of ketones is 1. The van der Waals surface area contributed by atoms with Gasteiger partial charge in [-0.25, -0.2) is 4.68 Å². The zero-order chi connectivity index (χ0) is 29.3. The smallest absolute Gasteiger partial charge is 0.416 e. The van der Waals surface area contributed by atoms with E-state index in [1.807, 2.05) is 30.3 Å². The summed E-state index contributed by atoms with van der Waals surface area (Å²) in [6, 6.07) is 17.1. The van der Waals surface area contributed by atoms with Crippen LogP contribution in [0.1, 0.15) is 34.3 Å². The van der Waals surface area contributed by atoms with E-state index in [9.17, 15) is 32.7 Å². The van der Waals surface area contributed by atoms with Gasteiger partial charge in [0.15, 0.2) is 5.78 Å². The minimum atomic E-state index is -4.64. The van der Waals surface area contributed by atoms with Gasteiger partial charge in [-0.2, -0.15) is 13.2 Å². The Morgan fingerprint density at radius 1 is 1.05 bits per heavy atom. The Morgan fingerprint density at radius 3 is 2.49 bits per heavy atom. The Kier molecular flexibility index (Phi) is 8.19. The van der Waals surface area contributed by atoms with Crippen molar-refractivity contribution in [3.8, 4) is 0 Å². The Balaban J connectivity index is 1.31. The molecule has 1 N–H and O–H groups in total. The van der Waals surface area contributed by atoms with Gasteiger partial charge >= 0.3 is 12.1 Å². The first kappa shape index (κ1) is 28.8. The predicted octanol–water partition coefficient (Wildman–Crippen LogP) is 6.37. The number of hydrogen-bond acceptors (Lipinski definition) is 6. The molecule has 7 nitrogen and oxygen atoms in total. The average molecular weight is 602 g/mol. The fourth-order valence-corrected chi connectivity index (χ4v) is 6.33. The molecule has 1 saturated carbocycles. The maximum absolute atomic E-state index is 13.4. The molecule has 0 aliphatic heterocycles. The second kappa shape index (κ2) is 11.7. The molecule has 1 aliphatic rings. The molecule has 12 heteroatoms. The van der Waals surface area contributed by atoms with Gasteiger partial charge in [-0.1, -0.05) is 41.1 Å². The normalized spacial score (nSPS) is 19.0. The zero-order valence-electron chi connectivity index (χ0n) is 21.3. The van der Waals surface area contributed by atoms with Gasteiger partial charge in [-0.15, -0.1) is 16.9 Å². The van der Waals surface area contributed by atoms with Gasteiger partial charge in [0.05, 0.1) is 23.4 Å². The van der Waals surface area contributed by atoms with Crippen LogP contribution in [-0.4, -0.2) is 31.9 Å².